The van der Waals surface area contributed by atoms with Crippen LogP contribution in [-0.4, -0.2) is 25.0 Å². The standard InChI is InChI=1S/C18H16Cl2N2O.HNO3/c19-16-7-6-14(17(20)10-16)11-18(23,12-22-9-8-21-13-22)15-4-2-1-3-5-15;2-1(3)4/h1-10,13,23H,11-12H2;(H,2,3,4). The van der Waals surface area contributed by atoms with Gasteiger partial charge in [0.2, 0.25) is 0 Å². The topological polar surface area (TPSA) is 101 Å². The quantitative estimate of drug-likeness (QED) is 0.490. The highest BCUT2D eigenvalue weighted by molar-refractivity contribution is 6.35. The van der Waals surface area contributed by atoms with E-state index < -0.39 is 10.7 Å². The number of hydrogen-bond donors (Lipinski definition) is 2. The Hall–Kier alpha value is -2.61. The molecule has 0 radical (unpaired) electrons. The molecule has 0 saturated carbocycles. The van der Waals surface area contributed by atoms with Gasteiger partial charge in [0.1, 0.15) is 5.60 Å². The van der Waals surface area contributed by atoms with Crippen molar-refractivity contribution in [2.24, 2.45) is 0 Å². The largest absolute Gasteiger partial charge is 0.383 e. The van der Waals surface area contributed by atoms with E-state index >= 15 is 0 Å². The Balaban J connectivity index is 0.000000596. The minimum Gasteiger partial charge on any atom is -0.383 e. The lowest BCUT2D eigenvalue weighted by Crippen LogP contribution is -2.33. The number of benzene rings is 2. The summed E-state index contributed by atoms with van der Waals surface area (Å²) >= 11 is 12.3. The summed E-state index contributed by atoms with van der Waals surface area (Å²) in [6.45, 7) is 0.385. The predicted octanol–water partition coefficient (Wildman–Crippen LogP) is 3.97. The van der Waals surface area contributed by atoms with Crippen LogP contribution in [0.2, 0.25) is 10.0 Å². The van der Waals surface area contributed by atoms with Gasteiger partial charge in [-0.15, -0.1) is 10.1 Å². The molecule has 3 rings (SSSR count). The molecule has 0 aliphatic rings. The molecule has 7 nitrogen and oxygen atoms in total. The van der Waals surface area contributed by atoms with Gasteiger partial charge in [-0.25, -0.2) is 4.98 Å². The third-order valence-electron chi connectivity index (χ3n) is 3.81. The zero-order valence-corrected chi connectivity index (χ0v) is 15.6. The van der Waals surface area contributed by atoms with Crippen LogP contribution >= 0.6 is 23.2 Å². The third-order valence-corrected chi connectivity index (χ3v) is 4.40. The highest BCUT2D eigenvalue weighted by Gasteiger charge is 2.31. The Morgan fingerprint density at radius 3 is 2.41 bits per heavy atom. The summed E-state index contributed by atoms with van der Waals surface area (Å²) in [5.41, 5.74) is 0.585. The first kappa shape index (κ1) is 20.7. The lowest BCUT2D eigenvalue weighted by molar-refractivity contribution is -0.742. The fourth-order valence-electron chi connectivity index (χ4n) is 2.66. The van der Waals surface area contributed by atoms with Crippen LogP contribution in [0.4, 0.5) is 0 Å². The Labute approximate surface area is 165 Å². The molecule has 0 amide bonds. The SMILES string of the molecule is O=[N+]([O-])O.OC(Cc1ccc(Cl)cc1Cl)(Cn1ccnc1)c1ccccc1. The zero-order chi connectivity index (χ0) is 19.9. The van der Waals surface area contributed by atoms with Crippen LogP contribution < -0.4 is 0 Å². The van der Waals surface area contributed by atoms with Gasteiger partial charge < -0.3 is 14.9 Å². The van der Waals surface area contributed by atoms with Crippen molar-refractivity contribution in [1.29, 1.82) is 0 Å². The molecule has 27 heavy (non-hydrogen) atoms. The van der Waals surface area contributed by atoms with Gasteiger partial charge in [-0.2, -0.15) is 0 Å². The van der Waals surface area contributed by atoms with Gasteiger partial charge in [-0.05, 0) is 23.3 Å². The third kappa shape index (κ3) is 6.25. The fraction of sp³-hybridized carbons (Fsp3) is 0.167. The second-order valence-corrected chi connectivity index (χ2v) is 6.63. The molecule has 0 spiro atoms. The fourth-order valence-corrected chi connectivity index (χ4v) is 3.14. The van der Waals surface area contributed by atoms with Crippen molar-refractivity contribution in [3.63, 3.8) is 0 Å². The van der Waals surface area contributed by atoms with Crippen molar-refractivity contribution in [2.75, 3.05) is 0 Å². The average molecular weight is 410 g/mol. The molecule has 2 N–H and O–H groups in total. The molecule has 1 heterocycles. The molecule has 0 saturated heterocycles. The van der Waals surface area contributed by atoms with E-state index in [0.29, 0.717) is 23.0 Å². The van der Waals surface area contributed by atoms with Crippen molar-refractivity contribution in [3.05, 3.63) is 98.5 Å². The molecule has 1 aromatic heterocycles. The van der Waals surface area contributed by atoms with Gasteiger partial charge in [-0.1, -0.05) is 59.6 Å². The number of aliphatic hydroxyl groups is 1. The smallest absolute Gasteiger partial charge is 0.291 e. The zero-order valence-electron chi connectivity index (χ0n) is 14.1. The molecule has 9 heteroatoms. The Bertz CT molecular complexity index is 872. The molecular weight excluding hydrogens is 393 g/mol. The lowest BCUT2D eigenvalue weighted by atomic mass is 9.87. The van der Waals surface area contributed by atoms with E-state index in [9.17, 15) is 5.11 Å². The van der Waals surface area contributed by atoms with Crippen LogP contribution in [0.25, 0.3) is 0 Å². The van der Waals surface area contributed by atoms with Crippen LogP contribution in [-0.2, 0) is 18.6 Å². The molecule has 3 aromatic rings. The summed E-state index contributed by atoms with van der Waals surface area (Å²) in [6, 6.07) is 14.9. The monoisotopic (exact) mass is 409 g/mol. The van der Waals surface area contributed by atoms with E-state index in [2.05, 4.69) is 4.98 Å². The van der Waals surface area contributed by atoms with Gasteiger partial charge in [-0.3, -0.25) is 0 Å². The number of aromatic nitrogens is 2. The van der Waals surface area contributed by atoms with Gasteiger partial charge in [0.15, 0.2) is 0 Å². The first-order valence-corrected chi connectivity index (χ1v) is 8.56. The minimum absolute atomic E-state index is 0.380. The Kier molecular flexibility index (Phi) is 7.18. The van der Waals surface area contributed by atoms with Crippen molar-refractivity contribution >= 4 is 23.2 Å². The van der Waals surface area contributed by atoms with Gasteiger partial charge >= 0.3 is 0 Å². The second-order valence-electron chi connectivity index (χ2n) is 5.78. The molecule has 0 aliphatic heterocycles. The van der Waals surface area contributed by atoms with Crippen LogP contribution in [0.15, 0.2) is 67.3 Å². The van der Waals surface area contributed by atoms with Crippen molar-refractivity contribution in [3.8, 4) is 0 Å². The number of rotatable bonds is 5. The Morgan fingerprint density at radius 1 is 1.19 bits per heavy atom. The summed E-state index contributed by atoms with van der Waals surface area (Å²) in [4.78, 5) is 12.4. The molecular formula is C18H17Cl2N3O4. The first-order valence-electron chi connectivity index (χ1n) is 7.81. The number of imidazole rings is 1. The summed E-state index contributed by atoms with van der Waals surface area (Å²) in [5.74, 6) is 0. The minimum atomic E-state index is -1.50. The first-order chi connectivity index (χ1) is 12.8. The van der Waals surface area contributed by atoms with Gasteiger partial charge in [0, 0.05) is 28.9 Å². The van der Waals surface area contributed by atoms with Crippen LogP contribution in [0.3, 0.4) is 0 Å². The maximum Gasteiger partial charge on any atom is 0.291 e. The van der Waals surface area contributed by atoms with Crippen molar-refractivity contribution in [2.45, 2.75) is 18.6 Å². The molecule has 0 fully saturated rings. The highest BCUT2D eigenvalue weighted by Crippen LogP contribution is 2.31. The number of nitrogens with zero attached hydrogens (tertiary/aromatic N) is 3. The lowest BCUT2D eigenvalue weighted by Gasteiger charge is -2.30. The van der Waals surface area contributed by atoms with Gasteiger partial charge in [0.05, 0.1) is 12.9 Å². The summed E-state index contributed by atoms with van der Waals surface area (Å²) in [7, 11) is 0. The normalized spacial score (nSPS) is 12.6. The maximum atomic E-state index is 11.4. The van der Waals surface area contributed by atoms with Gasteiger partial charge in [0.25, 0.3) is 5.09 Å². The highest BCUT2D eigenvalue weighted by atomic mass is 35.5. The second kappa shape index (κ2) is 9.36. The van der Waals surface area contributed by atoms with E-state index in [4.69, 9.17) is 38.5 Å². The molecule has 1 unspecified atom stereocenters. The van der Waals surface area contributed by atoms with Crippen molar-refractivity contribution < 1.29 is 15.4 Å². The number of hydrogen-bond acceptors (Lipinski definition) is 4. The molecule has 2 aromatic carbocycles. The van der Waals surface area contributed by atoms with E-state index in [1.54, 1.807) is 24.7 Å². The molecule has 1 atom stereocenters. The maximum absolute atomic E-state index is 11.4. The molecule has 0 bridgehead atoms. The van der Waals surface area contributed by atoms with E-state index in [1.165, 1.54) is 0 Å². The van der Waals surface area contributed by atoms with E-state index in [0.717, 1.165) is 11.1 Å². The summed E-state index contributed by atoms with van der Waals surface area (Å²) < 4.78 is 1.86. The van der Waals surface area contributed by atoms with Crippen LogP contribution in [0.1, 0.15) is 11.1 Å². The summed E-state index contributed by atoms with van der Waals surface area (Å²) in [6.07, 6.45) is 5.60. The van der Waals surface area contributed by atoms with E-state index in [1.807, 2.05) is 47.2 Å². The number of halogens is 2. The van der Waals surface area contributed by atoms with Crippen molar-refractivity contribution in [1.82, 2.24) is 9.55 Å². The van der Waals surface area contributed by atoms with Crippen LogP contribution in [0, 0.1) is 10.1 Å². The average Bonchev–Trinajstić information content (AvgIpc) is 3.10. The predicted molar refractivity (Wildman–Crippen MR) is 102 cm³/mol. The molecule has 142 valence electrons. The molecule has 0 aliphatic carbocycles. The van der Waals surface area contributed by atoms with E-state index in [-0.39, 0.29) is 0 Å². The Morgan fingerprint density at radius 2 is 1.85 bits per heavy atom. The summed E-state index contributed by atoms with van der Waals surface area (Å²) in [5, 5.41) is 26.1. The van der Waals surface area contributed by atoms with Crippen LogP contribution in [0.5, 0.6) is 0 Å².